The zero-order valence-corrected chi connectivity index (χ0v) is 41.0. The van der Waals surface area contributed by atoms with Gasteiger partial charge in [0.15, 0.2) is 0 Å². The molecule has 1 unspecified atom stereocenters. The summed E-state index contributed by atoms with van der Waals surface area (Å²) in [6.07, 6.45) is -0.199. The number of ether oxygens (including phenoxy) is 1. The molecule has 4 aliphatic heterocycles. The Morgan fingerprint density at radius 2 is 1.79 bits per heavy atom. The Bertz CT molecular complexity index is 3220. The van der Waals surface area contributed by atoms with Gasteiger partial charge in [-0.25, -0.2) is 4.39 Å². The smallest absolute Gasteiger partial charge is 0.433 e. The molecule has 14 nitrogen and oxygen atoms in total. The molecule has 4 fully saturated rings. The third kappa shape index (κ3) is 8.47. The van der Waals surface area contributed by atoms with E-state index in [-0.39, 0.29) is 74.8 Å². The summed E-state index contributed by atoms with van der Waals surface area (Å²) in [7, 11) is 3.02. The minimum atomic E-state index is -4.71. The van der Waals surface area contributed by atoms with Crippen LogP contribution in [0.5, 0.6) is 5.75 Å². The van der Waals surface area contributed by atoms with Crippen molar-refractivity contribution in [3.8, 4) is 17.6 Å². The summed E-state index contributed by atoms with van der Waals surface area (Å²) >= 11 is 6.37. The first-order chi connectivity index (χ1) is 34.1. The number of piperidine rings is 2. The maximum absolute atomic E-state index is 16.3. The van der Waals surface area contributed by atoms with Gasteiger partial charge in [-0.1, -0.05) is 56.3 Å². The molecule has 5 aromatic rings. The lowest BCUT2D eigenvalue weighted by Crippen LogP contribution is -2.46. The quantitative estimate of drug-likeness (QED) is 0.0726. The van der Waals surface area contributed by atoms with E-state index in [1.54, 1.807) is 59.1 Å². The molecule has 4 amide bonds. The summed E-state index contributed by atoms with van der Waals surface area (Å²) < 4.78 is 66.8. The predicted octanol–water partition coefficient (Wildman–Crippen LogP) is 7.69. The van der Waals surface area contributed by atoms with Crippen LogP contribution in [-0.4, -0.2) is 81.7 Å². The lowest BCUT2D eigenvalue weighted by Gasteiger charge is -2.39. The maximum atomic E-state index is 16.3. The minimum Gasteiger partial charge on any atom is -0.495 e. The maximum Gasteiger partial charge on any atom is 0.433 e. The average Bonchev–Trinajstić information content (AvgIpc) is 3.57. The molecule has 10 rings (SSSR count). The van der Waals surface area contributed by atoms with Crippen molar-refractivity contribution in [2.75, 3.05) is 37.4 Å². The molecule has 0 bridgehead atoms. The number of amides is 4. The van der Waals surface area contributed by atoms with Gasteiger partial charge in [0.05, 0.1) is 34.8 Å². The summed E-state index contributed by atoms with van der Waals surface area (Å²) in [6, 6.07) is 13.2. The summed E-state index contributed by atoms with van der Waals surface area (Å²) in [4.78, 5) is 72.1. The normalized spacial score (nSPS) is 24.4. The van der Waals surface area contributed by atoms with Gasteiger partial charge in [-0.2, -0.15) is 13.2 Å². The number of halogens is 5. The molecule has 3 saturated heterocycles. The summed E-state index contributed by atoms with van der Waals surface area (Å²) in [6.45, 7) is 7.13. The highest BCUT2D eigenvalue weighted by Gasteiger charge is 2.62. The molecule has 6 heterocycles. The van der Waals surface area contributed by atoms with E-state index < -0.39 is 59.0 Å². The van der Waals surface area contributed by atoms with Crippen molar-refractivity contribution in [2.24, 2.45) is 23.8 Å². The topological polar surface area (TPSA) is 169 Å². The number of hydrogen-bond donors (Lipinski definition) is 4. The number of hydrogen-bond acceptors (Lipinski definition) is 9. The standard InChI is InChI=1S/C53H53ClF4N8O6/c1-50(2,3)25-41-52(27-60-36-23-40(53(56,57)58)59-26-33(36)52)43(31-7-6-8-34(54)44(31)55)45(62-41)47(69)61-35-13-11-29(22-39(35)72-5)48(70)65-19-17-51(18-20-65)24-30(51)12-9-28-10-14-37-32(21-28)49(71)64(4)66(37)38-15-16-42(67)63-46(38)68/h6-8,10-11,13-14,21-23,26,30,38,41,43,45,60,62H,15-20,24-25,27H2,1-5H3,(H,61,69)(H,63,67,68)/t30-,38?,41-,43-,45+,52-/m0/s1. The molecule has 6 atom stereocenters. The number of alkyl halides is 3. The van der Waals surface area contributed by atoms with Crippen LogP contribution < -0.4 is 31.6 Å². The van der Waals surface area contributed by atoms with Crippen LogP contribution in [0.25, 0.3) is 10.9 Å². The van der Waals surface area contributed by atoms with Crippen molar-refractivity contribution in [2.45, 2.75) is 94.9 Å². The molecule has 0 radical (unpaired) electrons. The fourth-order valence-corrected chi connectivity index (χ4v) is 12.0. The van der Waals surface area contributed by atoms with Crippen molar-refractivity contribution in [3.63, 3.8) is 0 Å². The van der Waals surface area contributed by atoms with Crippen LogP contribution in [0.3, 0.4) is 0 Å². The van der Waals surface area contributed by atoms with Crippen LogP contribution in [0.1, 0.15) is 104 Å². The van der Waals surface area contributed by atoms with Gasteiger partial charge in [0.2, 0.25) is 11.8 Å². The van der Waals surface area contributed by atoms with E-state index in [1.807, 2.05) is 26.8 Å². The van der Waals surface area contributed by atoms with Crippen LogP contribution in [0.15, 0.2) is 71.7 Å². The largest absolute Gasteiger partial charge is 0.495 e. The zero-order valence-electron chi connectivity index (χ0n) is 40.2. The van der Waals surface area contributed by atoms with Crippen LogP contribution in [0.4, 0.5) is 28.9 Å². The van der Waals surface area contributed by atoms with Crippen LogP contribution >= 0.6 is 11.6 Å². The van der Waals surface area contributed by atoms with Gasteiger partial charge in [-0.05, 0) is 97.0 Å². The number of rotatable bonds is 7. The number of imide groups is 1. The zero-order chi connectivity index (χ0) is 51.2. The van der Waals surface area contributed by atoms with Crippen LogP contribution in [0.2, 0.25) is 5.02 Å². The monoisotopic (exact) mass is 1010 g/mol. The first-order valence-electron chi connectivity index (χ1n) is 24.0. The number of carbonyl (C=O) groups is 4. The Morgan fingerprint density at radius 3 is 2.50 bits per heavy atom. The molecular weight excluding hydrogens is 956 g/mol. The van der Waals surface area contributed by atoms with Gasteiger partial charge in [0.25, 0.3) is 17.4 Å². The highest BCUT2D eigenvalue weighted by atomic mass is 35.5. The van der Waals surface area contributed by atoms with Gasteiger partial charge >= 0.3 is 6.18 Å². The number of methoxy groups -OCH3 is 1. The predicted molar refractivity (Wildman–Crippen MR) is 261 cm³/mol. The number of fused-ring (bicyclic) bond motifs is 3. The van der Waals surface area contributed by atoms with E-state index in [0.29, 0.717) is 53.5 Å². The van der Waals surface area contributed by atoms with Gasteiger partial charge in [-0.15, -0.1) is 0 Å². The molecule has 72 heavy (non-hydrogen) atoms. The number of likely N-dealkylation sites (tertiary alicyclic amines) is 1. The number of carbonyl (C=O) groups excluding carboxylic acids is 4. The molecule has 5 aliphatic rings. The number of nitrogens with one attached hydrogen (secondary N) is 4. The fourth-order valence-electron chi connectivity index (χ4n) is 11.8. The molecule has 4 N–H and O–H groups in total. The van der Waals surface area contributed by atoms with Gasteiger partial charge < -0.3 is 25.6 Å². The summed E-state index contributed by atoms with van der Waals surface area (Å²) in [5.41, 5.74) is -0.261. The Kier molecular flexibility index (Phi) is 12.1. The van der Waals surface area contributed by atoms with E-state index in [2.05, 4.69) is 38.1 Å². The molecule has 3 aromatic carbocycles. The van der Waals surface area contributed by atoms with Crippen LogP contribution in [0, 0.1) is 34.4 Å². The van der Waals surface area contributed by atoms with Crippen molar-refractivity contribution >= 4 is 57.5 Å². The number of anilines is 2. The van der Waals surface area contributed by atoms with Crippen molar-refractivity contribution in [1.82, 2.24) is 29.9 Å². The van der Waals surface area contributed by atoms with Crippen molar-refractivity contribution in [1.29, 1.82) is 0 Å². The molecule has 19 heteroatoms. The molecule has 2 aromatic heterocycles. The lowest BCUT2D eigenvalue weighted by molar-refractivity contribution is -0.141. The Hall–Kier alpha value is -6.71. The number of nitrogens with zero attached hydrogens (tertiary/aromatic N) is 4. The van der Waals surface area contributed by atoms with Crippen LogP contribution in [-0.2, 0) is 33.0 Å². The van der Waals surface area contributed by atoms with E-state index in [0.717, 1.165) is 25.3 Å². The minimum absolute atomic E-state index is 0.0330. The second-order valence-corrected chi connectivity index (χ2v) is 21.5. The van der Waals surface area contributed by atoms with Gasteiger partial charge in [0.1, 0.15) is 23.3 Å². The van der Waals surface area contributed by atoms with Crippen molar-refractivity contribution in [3.05, 3.63) is 116 Å². The highest BCUT2D eigenvalue weighted by Crippen LogP contribution is 2.59. The average molecular weight is 1010 g/mol. The van der Waals surface area contributed by atoms with E-state index in [4.69, 9.17) is 16.3 Å². The lowest BCUT2D eigenvalue weighted by atomic mass is 9.63. The Morgan fingerprint density at radius 1 is 1.03 bits per heavy atom. The molecule has 1 saturated carbocycles. The number of aromatic nitrogens is 3. The molecule has 1 aliphatic carbocycles. The molecule has 2 spiro atoms. The first kappa shape index (κ1) is 48.9. The number of benzene rings is 3. The van der Waals surface area contributed by atoms with Crippen molar-refractivity contribution < 1.29 is 41.5 Å². The fraction of sp³-hybridized carbons (Fsp3) is 0.434. The Balaban J connectivity index is 0.843. The van der Waals surface area contributed by atoms with Gasteiger partial charge in [0, 0.05) is 85.0 Å². The highest BCUT2D eigenvalue weighted by molar-refractivity contribution is 6.30. The third-order valence-electron chi connectivity index (χ3n) is 15.5. The summed E-state index contributed by atoms with van der Waals surface area (Å²) in [5, 5.41) is 12.2. The SMILES string of the molecule is COc1cc(C(=O)N2CCC3(CC2)C[C@@H]3C#Cc2ccc3c(c2)c(=O)n(C)n3C2CCC(=O)NC2=O)ccc1NC(=O)[C@@H]1N[C@@H](CC(C)(C)C)[C@@]2(CNc3cc(C(F)(F)F)ncc32)[C@H]1c1cccc(Cl)c1F. The number of pyridine rings is 1. The van der Waals surface area contributed by atoms with E-state index >= 15 is 4.39 Å². The second kappa shape index (κ2) is 17.8. The van der Waals surface area contributed by atoms with E-state index in [9.17, 15) is 37.1 Å². The van der Waals surface area contributed by atoms with E-state index in [1.165, 1.54) is 24.1 Å². The summed E-state index contributed by atoms with van der Waals surface area (Å²) in [5.74, 6) is 3.73. The first-order valence-corrected chi connectivity index (χ1v) is 24.4. The third-order valence-corrected chi connectivity index (χ3v) is 15.8. The molecule has 376 valence electrons. The second-order valence-electron chi connectivity index (χ2n) is 21.0. The van der Waals surface area contributed by atoms with Gasteiger partial charge in [-0.3, -0.25) is 43.6 Å². The molecular formula is C53H53ClF4N8O6. The Labute approximate surface area is 417 Å².